The normalized spacial score (nSPS) is 32.1. The minimum Gasteiger partial charge on any atom is -0.313 e. The van der Waals surface area contributed by atoms with Crippen LogP contribution >= 0.6 is 0 Å². The summed E-state index contributed by atoms with van der Waals surface area (Å²) in [5, 5.41) is 3.57. The monoisotopic (exact) mass is 196 g/mol. The zero-order valence-electron chi connectivity index (χ0n) is 9.84. The van der Waals surface area contributed by atoms with Crippen molar-refractivity contribution < 1.29 is 0 Å². The van der Waals surface area contributed by atoms with E-state index in [0.717, 1.165) is 12.1 Å². The predicted molar refractivity (Wildman–Crippen MR) is 60.5 cm³/mol. The maximum Gasteiger partial charge on any atom is 0.0195 e. The van der Waals surface area contributed by atoms with Crippen molar-refractivity contribution in [3.63, 3.8) is 0 Å². The molecule has 1 aliphatic carbocycles. The quantitative estimate of drug-likeness (QED) is 0.738. The molecule has 0 bridgehead atoms. The highest BCUT2D eigenvalue weighted by molar-refractivity contribution is 4.97. The first kappa shape index (κ1) is 10.4. The van der Waals surface area contributed by atoms with E-state index in [0.29, 0.717) is 5.41 Å². The summed E-state index contributed by atoms with van der Waals surface area (Å²) in [6.45, 7) is 7.28. The lowest BCUT2D eigenvalue weighted by molar-refractivity contribution is 0.172. The standard InChI is InChI=1S/C12H24N2/c1-10(12(2)6-7-12)14(3)9-11-5-4-8-13-11/h10-11,13H,4-9H2,1-3H3. The van der Waals surface area contributed by atoms with Crippen molar-refractivity contribution in [1.82, 2.24) is 10.2 Å². The van der Waals surface area contributed by atoms with Crippen molar-refractivity contribution in [3.8, 4) is 0 Å². The summed E-state index contributed by atoms with van der Waals surface area (Å²) in [6.07, 6.45) is 5.59. The first-order chi connectivity index (χ1) is 6.62. The molecule has 0 radical (unpaired) electrons. The topological polar surface area (TPSA) is 15.3 Å². The van der Waals surface area contributed by atoms with Crippen LogP contribution in [0.5, 0.6) is 0 Å². The molecule has 1 saturated heterocycles. The molecule has 2 nitrogen and oxygen atoms in total. The van der Waals surface area contributed by atoms with Crippen LogP contribution in [0.15, 0.2) is 0 Å². The van der Waals surface area contributed by atoms with Crippen molar-refractivity contribution in [2.24, 2.45) is 5.41 Å². The van der Waals surface area contributed by atoms with Crippen LogP contribution in [0.4, 0.5) is 0 Å². The van der Waals surface area contributed by atoms with E-state index in [1.54, 1.807) is 0 Å². The van der Waals surface area contributed by atoms with Gasteiger partial charge in [-0.3, -0.25) is 0 Å². The Morgan fingerprint density at radius 2 is 2.21 bits per heavy atom. The van der Waals surface area contributed by atoms with Gasteiger partial charge in [0.05, 0.1) is 0 Å². The molecule has 0 amide bonds. The largest absolute Gasteiger partial charge is 0.313 e. The van der Waals surface area contributed by atoms with Crippen LogP contribution in [0.25, 0.3) is 0 Å². The second-order valence-electron chi connectivity index (χ2n) is 5.56. The predicted octanol–water partition coefficient (Wildman–Crippen LogP) is 1.86. The Morgan fingerprint density at radius 3 is 2.71 bits per heavy atom. The molecule has 0 aromatic carbocycles. The van der Waals surface area contributed by atoms with E-state index < -0.39 is 0 Å². The molecule has 1 heterocycles. The summed E-state index contributed by atoms with van der Waals surface area (Å²) in [7, 11) is 2.29. The van der Waals surface area contributed by atoms with Crippen molar-refractivity contribution in [2.75, 3.05) is 20.1 Å². The zero-order valence-corrected chi connectivity index (χ0v) is 9.84. The van der Waals surface area contributed by atoms with E-state index in [9.17, 15) is 0 Å². The Kier molecular flexibility index (Phi) is 2.85. The van der Waals surface area contributed by atoms with Gasteiger partial charge in [-0.15, -0.1) is 0 Å². The zero-order chi connectivity index (χ0) is 10.2. The van der Waals surface area contributed by atoms with Gasteiger partial charge in [0.1, 0.15) is 0 Å². The summed E-state index contributed by atoms with van der Waals surface area (Å²) < 4.78 is 0. The van der Waals surface area contributed by atoms with Crippen LogP contribution < -0.4 is 5.32 Å². The smallest absolute Gasteiger partial charge is 0.0195 e. The molecule has 2 rings (SSSR count). The Bertz CT molecular complexity index is 192. The van der Waals surface area contributed by atoms with Crippen LogP contribution in [0.1, 0.15) is 39.5 Å². The lowest BCUT2D eigenvalue weighted by Crippen LogP contribution is -2.42. The maximum atomic E-state index is 3.57. The molecule has 1 saturated carbocycles. The van der Waals surface area contributed by atoms with Crippen LogP contribution in [0.2, 0.25) is 0 Å². The number of likely N-dealkylation sites (N-methyl/N-ethyl adjacent to an activating group) is 1. The van der Waals surface area contributed by atoms with Gasteiger partial charge in [-0.25, -0.2) is 0 Å². The van der Waals surface area contributed by atoms with Crippen molar-refractivity contribution in [3.05, 3.63) is 0 Å². The Morgan fingerprint density at radius 1 is 1.50 bits per heavy atom. The van der Waals surface area contributed by atoms with Gasteiger partial charge in [0.2, 0.25) is 0 Å². The van der Waals surface area contributed by atoms with Gasteiger partial charge in [0.25, 0.3) is 0 Å². The van der Waals surface area contributed by atoms with Gasteiger partial charge in [-0.2, -0.15) is 0 Å². The van der Waals surface area contributed by atoms with E-state index in [1.807, 2.05) is 0 Å². The first-order valence-electron chi connectivity index (χ1n) is 6.05. The highest BCUT2D eigenvalue weighted by atomic mass is 15.2. The fourth-order valence-corrected chi connectivity index (χ4v) is 2.57. The molecule has 1 N–H and O–H groups in total. The van der Waals surface area contributed by atoms with Crippen molar-refractivity contribution in [2.45, 2.75) is 51.6 Å². The van der Waals surface area contributed by atoms with Crippen LogP contribution in [-0.2, 0) is 0 Å². The molecular formula is C12H24N2. The second kappa shape index (κ2) is 3.82. The molecule has 2 fully saturated rings. The van der Waals surface area contributed by atoms with Gasteiger partial charge >= 0.3 is 0 Å². The van der Waals surface area contributed by atoms with Crippen molar-refractivity contribution in [1.29, 1.82) is 0 Å². The van der Waals surface area contributed by atoms with Gasteiger partial charge in [-0.1, -0.05) is 6.92 Å². The summed E-state index contributed by atoms with van der Waals surface area (Å²) in [5.74, 6) is 0. The first-order valence-corrected chi connectivity index (χ1v) is 6.05. The minimum atomic E-state index is 0.632. The lowest BCUT2D eigenvalue weighted by atomic mass is 9.99. The number of nitrogens with one attached hydrogen (secondary N) is 1. The number of hydrogen-bond acceptors (Lipinski definition) is 2. The van der Waals surface area contributed by atoms with E-state index >= 15 is 0 Å². The molecule has 0 aromatic rings. The van der Waals surface area contributed by atoms with Gasteiger partial charge in [0.15, 0.2) is 0 Å². The highest BCUT2D eigenvalue weighted by Crippen LogP contribution is 2.49. The molecule has 0 spiro atoms. The van der Waals surface area contributed by atoms with Gasteiger partial charge in [-0.05, 0) is 51.6 Å². The third kappa shape index (κ3) is 2.12. The molecule has 0 aromatic heterocycles. The molecule has 1 aliphatic heterocycles. The summed E-state index contributed by atoms with van der Waals surface area (Å²) in [5.41, 5.74) is 0.632. The van der Waals surface area contributed by atoms with Gasteiger partial charge in [0, 0.05) is 18.6 Å². The molecule has 82 valence electrons. The van der Waals surface area contributed by atoms with Crippen LogP contribution in [0, 0.1) is 5.41 Å². The summed E-state index contributed by atoms with van der Waals surface area (Å²) in [6, 6.07) is 1.51. The average Bonchev–Trinajstić information content (AvgIpc) is 2.71. The number of hydrogen-bond donors (Lipinski definition) is 1. The molecule has 14 heavy (non-hydrogen) atoms. The van der Waals surface area contributed by atoms with E-state index in [2.05, 4.69) is 31.1 Å². The van der Waals surface area contributed by atoms with Crippen LogP contribution in [0.3, 0.4) is 0 Å². The van der Waals surface area contributed by atoms with E-state index in [-0.39, 0.29) is 0 Å². The number of nitrogens with zero attached hydrogens (tertiary/aromatic N) is 1. The highest BCUT2D eigenvalue weighted by Gasteiger charge is 2.44. The molecule has 2 unspecified atom stereocenters. The summed E-state index contributed by atoms with van der Waals surface area (Å²) in [4.78, 5) is 2.55. The molecule has 2 aliphatic rings. The van der Waals surface area contributed by atoms with Gasteiger partial charge < -0.3 is 10.2 Å². The van der Waals surface area contributed by atoms with E-state index in [4.69, 9.17) is 0 Å². The third-order valence-electron chi connectivity index (χ3n) is 4.38. The second-order valence-corrected chi connectivity index (χ2v) is 5.56. The Balaban J connectivity index is 1.79. The minimum absolute atomic E-state index is 0.632. The lowest BCUT2D eigenvalue weighted by Gasteiger charge is -2.31. The third-order valence-corrected chi connectivity index (χ3v) is 4.38. The number of rotatable bonds is 4. The molecule has 2 heteroatoms. The Hall–Kier alpha value is -0.0800. The summed E-state index contributed by atoms with van der Waals surface area (Å²) >= 11 is 0. The fraction of sp³-hybridized carbons (Fsp3) is 1.00. The van der Waals surface area contributed by atoms with Crippen LogP contribution in [-0.4, -0.2) is 37.1 Å². The fourth-order valence-electron chi connectivity index (χ4n) is 2.57. The Labute approximate surface area is 88.1 Å². The van der Waals surface area contributed by atoms with Crippen molar-refractivity contribution >= 4 is 0 Å². The maximum absolute atomic E-state index is 3.57. The molecule has 2 atom stereocenters. The average molecular weight is 196 g/mol. The van der Waals surface area contributed by atoms with E-state index in [1.165, 1.54) is 38.8 Å². The SMILES string of the molecule is CC(N(C)CC1CCCN1)C1(C)CC1. The molecular weight excluding hydrogens is 172 g/mol.